The average Bonchev–Trinajstić information content (AvgIpc) is 2.75. The maximum atomic E-state index is 12.8. The largest absolute Gasteiger partial charge is 0.480 e. The number of carbonyl (C=O) groups is 2. The van der Waals surface area contributed by atoms with E-state index in [-0.39, 0.29) is 5.91 Å². The zero-order valence-corrected chi connectivity index (χ0v) is 17.6. The van der Waals surface area contributed by atoms with Gasteiger partial charge in [0.05, 0.1) is 0 Å². The number of rotatable bonds is 10. The van der Waals surface area contributed by atoms with Gasteiger partial charge in [0.15, 0.2) is 0 Å². The molecule has 0 aliphatic rings. The zero-order valence-electron chi connectivity index (χ0n) is 17.6. The van der Waals surface area contributed by atoms with Gasteiger partial charge in [0.1, 0.15) is 5.41 Å². The van der Waals surface area contributed by atoms with Gasteiger partial charge >= 0.3 is 5.97 Å². The number of allylic oxidation sites excluding steroid dienone is 1. The van der Waals surface area contributed by atoms with Gasteiger partial charge in [0.25, 0.3) is 0 Å². The molecule has 2 aromatic rings. The first-order chi connectivity index (χ1) is 13.9. The number of unbranched alkanes of at least 4 members (excludes halogenated alkanes) is 1. The molecule has 0 radical (unpaired) electrons. The molecule has 0 aromatic heterocycles. The lowest BCUT2D eigenvalue weighted by atomic mass is 9.83. The number of amides is 1. The molecule has 2 aromatic carbocycles. The Labute approximate surface area is 173 Å². The van der Waals surface area contributed by atoms with E-state index in [2.05, 4.69) is 30.3 Å². The summed E-state index contributed by atoms with van der Waals surface area (Å²) in [5, 5.41) is 9.74. The van der Waals surface area contributed by atoms with E-state index in [1.54, 1.807) is 11.8 Å². The number of carbonyl (C=O) groups excluding carboxylic acids is 1. The van der Waals surface area contributed by atoms with Crippen molar-refractivity contribution in [1.29, 1.82) is 0 Å². The third-order valence-electron chi connectivity index (χ3n) is 5.39. The molecule has 0 fully saturated rings. The van der Waals surface area contributed by atoms with Crippen molar-refractivity contribution in [3.05, 3.63) is 77.9 Å². The molecule has 0 saturated heterocycles. The SMILES string of the molecule is CCN(CC)C(=O)C(C)(CCCC=C(c1ccccc1)c1ccccc1)C(=O)O. The Morgan fingerprint density at radius 1 is 0.931 bits per heavy atom. The third kappa shape index (κ3) is 5.57. The molecule has 0 aliphatic heterocycles. The lowest BCUT2D eigenvalue weighted by molar-refractivity contribution is -0.160. The van der Waals surface area contributed by atoms with Gasteiger partial charge in [-0.05, 0) is 56.7 Å². The van der Waals surface area contributed by atoms with Crippen molar-refractivity contribution in [3.8, 4) is 0 Å². The average molecular weight is 394 g/mol. The monoisotopic (exact) mass is 393 g/mol. The Morgan fingerprint density at radius 2 is 1.41 bits per heavy atom. The summed E-state index contributed by atoms with van der Waals surface area (Å²) in [6, 6.07) is 20.3. The number of nitrogens with zero attached hydrogens (tertiary/aromatic N) is 1. The first-order valence-corrected chi connectivity index (χ1v) is 10.3. The molecule has 2 rings (SSSR count). The number of benzene rings is 2. The lowest BCUT2D eigenvalue weighted by Gasteiger charge is -2.30. The van der Waals surface area contributed by atoms with Crippen LogP contribution in [0.5, 0.6) is 0 Å². The molecule has 0 saturated carbocycles. The predicted octanol–water partition coefficient (Wildman–Crippen LogP) is 5.25. The highest BCUT2D eigenvalue weighted by Crippen LogP contribution is 2.29. The second kappa shape index (κ2) is 10.6. The van der Waals surface area contributed by atoms with E-state index in [4.69, 9.17) is 0 Å². The minimum Gasteiger partial charge on any atom is -0.480 e. The van der Waals surface area contributed by atoms with Crippen molar-refractivity contribution >= 4 is 17.4 Å². The summed E-state index contributed by atoms with van der Waals surface area (Å²) >= 11 is 0. The fourth-order valence-electron chi connectivity index (χ4n) is 3.50. The van der Waals surface area contributed by atoms with Gasteiger partial charge in [-0.1, -0.05) is 66.7 Å². The van der Waals surface area contributed by atoms with Crippen LogP contribution in [-0.4, -0.2) is 35.0 Å². The molecule has 4 heteroatoms. The number of carboxylic acid groups (broad SMARTS) is 1. The van der Waals surface area contributed by atoms with Crippen LogP contribution < -0.4 is 0 Å². The van der Waals surface area contributed by atoms with Crippen molar-refractivity contribution < 1.29 is 14.7 Å². The Hall–Kier alpha value is -2.88. The van der Waals surface area contributed by atoms with Gasteiger partial charge in [0, 0.05) is 13.1 Å². The Morgan fingerprint density at radius 3 is 1.83 bits per heavy atom. The topological polar surface area (TPSA) is 57.6 Å². The van der Waals surface area contributed by atoms with Crippen LogP contribution in [0.3, 0.4) is 0 Å². The number of aliphatic carboxylic acids is 1. The molecule has 4 nitrogen and oxygen atoms in total. The molecule has 0 aliphatic carbocycles. The summed E-state index contributed by atoms with van der Waals surface area (Å²) in [4.78, 5) is 26.3. The van der Waals surface area contributed by atoms with E-state index in [1.165, 1.54) is 0 Å². The van der Waals surface area contributed by atoms with Crippen molar-refractivity contribution in [1.82, 2.24) is 4.90 Å². The maximum absolute atomic E-state index is 12.8. The van der Waals surface area contributed by atoms with Crippen LogP contribution in [0.25, 0.3) is 5.57 Å². The standard InChI is InChI=1S/C25H31NO3/c1-4-26(5-2)23(27)25(3,24(28)29)19-13-12-18-22(20-14-8-6-9-15-20)21-16-10-7-11-17-21/h6-11,14-18H,4-5,12-13,19H2,1-3H3,(H,28,29). The van der Waals surface area contributed by atoms with Crippen molar-refractivity contribution in [3.63, 3.8) is 0 Å². The van der Waals surface area contributed by atoms with Gasteiger partial charge in [0.2, 0.25) is 5.91 Å². The van der Waals surface area contributed by atoms with Crippen LogP contribution in [0.1, 0.15) is 51.2 Å². The number of hydrogen-bond donors (Lipinski definition) is 1. The Bertz CT molecular complexity index is 784. The van der Waals surface area contributed by atoms with E-state index in [1.807, 2.05) is 50.2 Å². The van der Waals surface area contributed by atoms with E-state index >= 15 is 0 Å². The third-order valence-corrected chi connectivity index (χ3v) is 5.39. The summed E-state index contributed by atoms with van der Waals surface area (Å²) in [7, 11) is 0. The summed E-state index contributed by atoms with van der Waals surface area (Å²) in [5.74, 6) is -1.35. The molecular weight excluding hydrogens is 362 g/mol. The molecule has 1 amide bonds. The van der Waals surface area contributed by atoms with Crippen molar-refractivity contribution in [2.24, 2.45) is 5.41 Å². The first-order valence-electron chi connectivity index (χ1n) is 10.3. The van der Waals surface area contributed by atoms with E-state index in [0.29, 0.717) is 32.4 Å². The molecule has 29 heavy (non-hydrogen) atoms. The summed E-state index contributed by atoms with van der Waals surface area (Å²) in [6.45, 7) is 6.33. The van der Waals surface area contributed by atoms with Crippen LogP contribution in [0.2, 0.25) is 0 Å². The molecule has 1 N–H and O–H groups in total. The predicted molar refractivity (Wildman–Crippen MR) is 117 cm³/mol. The summed E-state index contributed by atoms with van der Waals surface area (Å²) < 4.78 is 0. The molecule has 0 bridgehead atoms. The maximum Gasteiger partial charge on any atom is 0.318 e. The van der Waals surface area contributed by atoms with Gasteiger partial charge < -0.3 is 10.0 Å². The quantitative estimate of drug-likeness (QED) is 0.443. The minimum absolute atomic E-state index is 0.301. The lowest BCUT2D eigenvalue weighted by Crippen LogP contribution is -2.46. The van der Waals surface area contributed by atoms with Gasteiger partial charge in [-0.3, -0.25) is 9.59 Å². The van der Waals surface area contributed by atoms with Gasteiger partial charge in [-0.2, -0.15) is 0 Å². The van der Waals surface area contributed by atoms with Crippen LogP contribution in [0.15, 0.2) is 66.7 Å². The minimum atomic E-state index is -1.39. The van der Waals surface area contributed by atoms with E-state index in [9.17, 15) is 14.7 Å². The highest BCUT2D eigenvalue weighted by atomic mass is 16.4. The smallest absolute Gasteiger partial charge is 0.318 e. The molecular formula is C25H31NO3. The van der Waals surface area contributed by atoms with Crippen LogP contribution in [0.4, 0.5) is 0 Å². The fraction of sp³-hybridized carbons (Fsp3) is 0.360. The second-order valence-corrected chi connectivity index (χ2v) is 7.36. The molecule has 1 atom stereocenters. The highest BCUT2D eigenvalue weighted by molar-refractivity contribution is 6.01. The molecule has 154 valence electrons. The van der Waals surface area contributed by atoms with Gasteiger partial charge in [-0.25, -0.2) is 0 Å². The van der Waals surface area contributed by atoms with Crippen molar-refractivity contribution in [2.75, 3.05) is 13.1 Å². The fourth-order valence-corrected chi connectivity index (χ4v) is 3.50. The van der Waals surface area contributed by atoms with Gasteiger partial charge in [-0.15, -0.1) is 0 Å². The Kier molecular flexibility index (Phi) is 8.20. The first kappa shape index (κ1) is 22.4. The second-order valence-electron chi connectivity index (χ2n) is 7.36. The van der Waals surface area contributed by atoms with Crippen LogP contribution in [-0.2, 0) is 9.59 Å². The molecule has 1 unspecified atom stereocenters. The molecule has 0 heterocycles. The summed E-state index contributed by atoms with van der Waals surface area (Å²) in [6.07, 6.45) is 3.78. The van der Waals surface area contributed by atoms with Crippen molar-refractivity contribution in [2.45, 2.75) is 40.0 Å². The zero-order chi connectivity index (χ0) is 21.3. The molecule has 0 spiro atoms. The van der Waals surface area contributed by atoms with Crippen LogP contribution in [0, 0.1) is 5.41 Å². The Balaban J connectivity index is 2.17. The van der Waals surface area contributed by atoms with Crippen LogP contribution >= 0.6 is 0 Å². The number of hydrogen-bond acceptors (Lipinski definition) is 2. The van der Waals surface area contributed by atoms with E-state index < -0.39 is 11.4 Å². The van der Waals surface area contributed by atoms with E-state index in [0.717, 1.165) is 16.7 Å². The normalized spacial score (nSPS) is 12.7. The number of carboxylic acids is 1. The highest BCUT2D eigenvalue weighted by Gasteiger charge is 2.42. The summed E-state index contributed by atoms with van der Waals surface area (Å²) in [5.41, 5.74) is 1.98.